The second-order valence-electron chi connectivity index (χ2n) is 5.50. The van der Waals surface area contributed by atoms with Crippen molar-refractivity contribution >= 4 is 45.2 Å². The van der Waals surface area contributed by atoms with Crippen molar-refractivity contribution in [1.82, 2.24) is 14.9 Å². The highest BCUT2D eigenvalue weighted by Crippen LogP contribution is 2.27. The highest BCUT2D eigenvalue weighted by molar-refractivity contribution is 8.00. The van der Waals surface area contributed by atoms with Gasteiger partial charge in [-0.05, 0) is 17.0 Å². The van der Waals surface area contributed by atoms with Crippen molar-refractivity contribution in [2.75, 3.05) is 19.4 Å². The van der Waals surface area contributed by atoms with Crippen LogP contribution >= 0.6 is 23.1 Å². The Kier molecular flexibility index (Phi) is 6.19. The van der Waals surface area contributed by atoms with E-state index in [9.17, 15) is 9.59 Å². The summed E-state index contributed by atoms with van der Waals surface area (Å²) in [5.74, 6) is -0.592. The molecule has 0 unspecified atom stereocenters. The second kappa shape index (κ2) is 8.77. The minimum Gasteiger partial charge on any atom is -0.455 e. The summed E-state index contributed by atoms with van der Waals surface area (Å²) in [5, 5.41) is 3.60. The number of ether oxygens (including phenoxy) is 1. The van der Waals surface area contributed by atoms with Gasteiger partial charge in [-0.15, -0.1) is 11.3 Å². The summed E-state index contributed by atoms with van der Waals surface area (Å²) in [6.07, 6.45) is 1.48. The number of amides is 1. The third-order valence-corrected chi connectivity index (χ3v) is 5.40. The summed E-state index contributed by atoms with van der Waals surface area (Å²) in [4.78, 5) is 34.8. The number of fused-ring (bicyclic) bond motifs is 1. The van der Waals surface area contributed by atoms with Gasteiger partial charge in [0, 0.05) is 19.0 Å². The van der Waals surface area contributed by atoms with Gasteiger partial charge < -0.3 is 9.64 Å². The summed E-state index contributed by atoms with van der Waals surface area (Å²) in [6.45, 7) is 0.212. The molecule has 0 atom stereocenters. The van der Waals surface area contributed by atoms with Crippen molar-refractivity contribution in [3.05, 3.63) is 53.7 Å². The highest BCUT2D eigenvalue weighted by Gasteiger charge is 2.14. The molecule has 0 spiro atoms. The molecule has 0 aliphatic heterocycles. The van der Waals surface area contributed by atoms with Gasteiger partial charge in [0.15, 0.2) is 6.61 Å². The number of rotatable bonds is 7. The number of thioether (sulfide) groups is 1. The van der Waals surface area contributed by atoms with Crippen molar-refractivity contribution in [1.29, 1.82) is 0 Å². The highest BCUT2D eigenvalue weighted by atomic mass is 32.2. The first-order valence-electron chi connectivity index (χ1n) is 7.88. The number of benzene rings is 1. The Morgan fingerprint density at radius 1 is 1.19 bits per heavy atom. The Balaban J connectivity index is 1.45. The smallest absolute Gasteiger partial charge is 0.316 e. The van der Waals surface area contributed by atoms with E-state index in [1.165, 1.54) is 34.3 Å². The van der Waals surface area contributed by atoms with Crippen LogP contribution in [0, 0.1) is 0 Å². The van der Waals surface area contributed by atoms with Gasteiger partial charge in [0.2, 0.25) is 0 Å². The predicted molar refractivity (Wildman–Crippen MR) is 102 cm³/mol. The summed E-state index contributed by atoms with van der Waals surface area (Å²) in [7, 11) is 1.69. The molecule has 0 aliphatic carbocycles. The van der Waals surface area contributed by atoms with E-state index >= 15 is 0 Å². The fourth-order valence-electron chi connectivity index (χ4n) is 2.25. The van der Waals surface area contributed by atoms with E-state index in [1.54, 1.807) is 7.05 Å². The van der Waals surface area contributed by atoms with Crippen LogP contribution in [0.25, 0.3) is 10.2 Å². The van der Waals surface area contributed by atoms with E-state index in [-0.39, 0.29) is 18.3 Å². The van der Waals surface area contributed by atoms with Crippen LogP contribution in [0.15, 0.2) is 53.1 Å². The molecule has 6 nitrogen and oxygen atoms in total. The fraction of sp³-hybridized carbons (Fsp3) is 0.222. The largest absolute Gasteiger partial charge is 0.455 e. The van der Waals surface area contributed by atoms with Gasteiger partial charge in [0.1, 0.15) is 16.2 Å². The SMILES string of the molecule is CN(Cc1ccccc1)C(=O)COC(=O)CSc1ncnc2sccc12. The van der Waals surface area contributed by atoms with Gasteiger partial charge in [0.05, 0.1) is 5.75 Å². The van der Waals surface area contributed by atoms with Crippen molar-refractivity contribution < 1.29 is 14.3 Å². The maximum Gasteiger partial charge on any atom is 0.316 e. The molecule has 3 aromatic rings. The molecule has 1 amide bonds. The molecule has 134 valence electrons. The molecule has 1 aromatic carbocycles. The van der Waals surface area contributed by atoms with E-state index in [1.807, 2.05) is 41.8 Å². The zero-order valence-electron chi connectivity index (χ0n) is 14.1. The predicted octanol–water partition coefficient (Wildman–Crippen LogP) is 2.99. The Labute approximate surface area is 159 Å². The number of nitrogens with zero attached hydrogens (tertiary/aromatic N) is 3. The molecule has 0 saturated heterocycles. The number of thiophene rings is 1. The molecular weight excluding hydrogens is 370 g/mol. The summed E-state index contributed by atoms with van der Waals surface area (Å²) in [6, 6.07) is 11.6. The minimum atomic E-state index is -0.446. The molecule has 2 heterocycles. The number of esters is 1. The maximum atomic E-state index is 12.1. The minimum absolute atomic E-state index is 0.0949. The van der Waals surface area contributed by atoms with Crippen LogP contribution < -0.4 is 0 Å². The van der Waals surface area contributed by atoms with E-state index < -0.39 is 5.97 Å². The monoisotopic (exact) mass is 387 g/mol. The maximum absolute atomic E-state index is 12.1. The number of carbonyl (C=O) groups excluding carboxylic acids is 2. The van der Waals surface area contributed by atoms with Crippen LogP contribution in [-0.2, 0) is 20.9 Å². The second-order valence-corrected chi connectivity index (χ2v) is 7.36. The number of aromatic nitrogens is 2. The molecule has 3 rings (SSSR count). The number of likely N-dealkylation sites (N-methyl/N-ethyl adjacent to an activating group) is 1. The van der Waals surface area contributed by atoms with Gasteiger partial charge >= 0.3 is 5.97 Å². The topological polar surface area (TPSA) is 72.4 Å². The summed E-state index contributed by atoms with van der Waals surface area (Å²) >= 11 is 2.80. The van der Waals surface area contributed by atoms with E-state index in [4.69, 9.17) is 4.74 Å². The summed E-state index contributed by atoms with van der Waals surface area (Å²) in [5.41, 5.74) is 1.02. The molecule has 0 aliphatic rings. The Bertz CT molecular complexity index is 899. The molecule has 0 saturated carbocycles. The average Bonchev–Trinajstić information content (AvgIpc) is 3.14. The third kappa shape index (κ3) is 4.80. The van der Waals surface area contributed by atoms with Gasteiger partial charge in [-0.3, -0.25) is 9.59 Å². The molecule has 0 N–H and O–H groups in total. The van der Waals surface area contributed by atoms with Gasteiger partial charge in [-0.25, -0.2) is 9.97 Å². The zero-order chi connectivity index (χ0) is 18.4. The standard InChI is InChI=1S/C18H17N3O3S2/c1-21(9-13-5-3-2-4-6-13)15(22)10-24-16(23)11-26-18-14-7-8-25-17(14)19-12-20-18/h2-8,12H,9-11H2,1H3. The van der Waals surface area contributed by atoms with Crippen molar-refractivity contribution in [2.24, 2.45) is 0 Å². The van der Waals surface area contributed by atoms with Gasteiger partial charge in [-0.1, -0.05) is 42.1 Å². The number of hydrogen-bond acceptors (Lipinski definition) is 7. The molecule has 8 heteroatoms. The number of hydrogen-bond donors (Lipinski definition) is 0. The molecule has 0 fully saturated rings. The number of carbonyl (C=O) groups is 2. The molecule has 2 aromatic heterocycles. The lowest BCUT2D eigenvalue weighted by Gasteiger charge is -2.17. The van der Waals surface area contributed by atoms with Crippen LogP contribution in [0.1, 0.15) is 5.56 Å². The first kappa shape index (κ1) is 18.3. The zero-order valence-corrected chi connectivity index (χ0v) is 15.8. The third-order valence-electron chi connectivity index (χ3n) is 3.60. The van der Waals surface area contributed by atoms with E-state index in [0.717, 1.165) is 20.8 Å². The summed E-state index contributed by atoms with van der Waals surface area (Å²) < 4.78 is 5.09. The lowest BCUT2D eigenvalue weighted by Crippen LogP contribution is -2.31. The van der Waals surface area contributed by atoms with Crippen LogP contribution in [0.3, 0.4) is 0 Å². The first-order chi connectivity index (χ1) is 12.6. The Morgan fingerprint density at radius 2 is 2.00 bits per heavy atom. The van der Waals surface area contributed by atoms with Crippen LogP contribution in [0.5, 0.6) is 0 Å². The fourth-order valence-corrected chi connectivity index (χ4v) is 3.83. The van der Waals surface area contributed by atoms with Crippen molar-refractivity contribution in [3.8, 4) is 0 Å². The average molecular weight is 387 g/mol. The molecule has 26 heavy (non-hydrogen) atoms. The van der Waals surface area contributed by atoms with Gasteiger partial charge in [0.25, 0.3) is 5.91 Å². The molecule has 0 radical (unpaired) electrons. The van der Waals surface area contributed by atoms with Gasteiger partial charge in [-0.2, -0.15) is 0 Å². The van der Waals surface area contributed by atoms with Crippen molar-refractivity contribution in [3.63, 3.8) is 0 Å². The van der Waals surface area contributed by atoms with E-state index in [0.29, 0.717) is 6.54 Å². The van der Waals surface area contributed by atoms with Crippen LogP contribution in [-0.4, -0.2) is 46.2 Å². The lowest BCUT2D eigenvalue weighted by atomic mass is 10.2. The lowest BCUT2D eigenvalue weighted by molar-refractivity contribution is -0.149. The Morgan fingerprint density at radius 3 is 2.81 bits per heavy atom. The molecular formula is C18H17N3O3S2. The van der Waals surface area contributed by atoms with Crippen LogP contribution in [0.2, 0.25) is 0 Å². The van der Waals surface area contributed by atoms with Crippen molar-refractivity contribution in [2.45, 2.75) is 11.6 Å². The first-order valence-corrected chi connectivity index (χ1v) is 9.74. The molecule has 0 bridgehead atoms. The Hall–Kier alpha value is -2.45. The quantitative estimate of drug-likeness (QED) is 0.353. The normalized spacial score (nSPS) is 10.7. The van der Waals surface area contributed by atoms with E-state index in [2.05, 4.69) is 9.97 Å². The van der Waals surface area contributed by atoms with Crippen LogP contribution in [0.4, 0.5) is 0 Å².